The number of furan rings is 1. The quantitative estimate of drug-likeness (QED) is 0.885. The van der Waals surface area contributed by atoms with Gasteiger partial charge >= 0.3 is 0 Å². The Morgan fingerprint density at radius 1 is 1.25 bits per heavy atom. The van der Waals surface area contributed by atoms with Crippen LogP contribution in [0.4, 0.5) is 0 Å². The molecule has 4 heteroatoms. The zero-order chi connectivity index (χ0) is 16.8. The number of likely N-dealkylation sites (tertiary alicyclic amines) is 1. The van der Waals surface area contributed by atoms with Crippen molar-refractivity contribution >= 4 is 5.91 Å². The highest BCUT2D eigenvalue weighted by atomic mass is 16.3. The molecule has 1 fully saturated rings. The molecule has 0 radical (unpaired) electrons. The Bertz CT molecular complexity index is 639. The van der Waals surface area contributed by atoms with E-state index in [2.05, 4.69) is 47.5 Å². The van der Waals surface area contributed by atoms with Gasteiger partial charge in [-0.25, -0.2) is 0 Å². The number of amides is 1. The first-order chi connectivity index (χ1) is 11.7. The maximum atomic E-state index is 12.0. The van der Waals surface area contributed by atoms with Crippen LogP contribution in [0.3, 0.4) is 0 Å². The highest BCUT2D eigenvalue weighted by Gasteiger charge is 2.32. The van der Waals surface area contributed by atoms with Crippen LogP contribution in [0.15, 0.2) is 53.1 Å². The number of nitrogens with zero attached hydrogens (tertiary/aromatic N) is 1. The van der Waals surface area contributed by atoms with E-state index in [0.29, 0.717) is 13.0 Å². The summed E-state index contributed by atoms with van der Waals surface area (Å²) in [6.45, 7) is 5.71. The lowest BCUT2D eigenvalue weighted by atomic mass is 9.76. The van der Waals surface area contributed by atoms with Crippen LogP contribution in [0.1, 0.15) is 37.5 Å². The topological polar surface area (TPSA) is 45.5 Å². The Labute approximate surface area is 143 Å². The largest absolute Gasteiger partial charge is 0.467 e. The lowest BCUT2D eigenvalue weighted by Gasteiger charge is -2.41. The van der Waals surface area contributed by atoms with Gasteiger partial charge in [-0.1, -0.05) is 37.3 Å². The molecule has 4 nitrogen and oxygen atoms in total. The van der Waals surface area contributed by atoms with E-state index in [4.69, 9.17) is 4.42 Å². The van der Waals surface area contributed by atoms with Crippen molar-refractivity contribution < 1.29 is 9.21 Å². The molecule has 0 unspecified atom stereocenters. The molecule has 3 rings (SSSR count). The summed E-state index contributed by atoms with van der Waals surface area (Å²) in [4.78, 5) is 14.5. The van der Waals surface area contributed by atoms with Crippen molar-refractivity contribution in [1.29, 1.82) is 0 Å². The van der Waals surface area contributed by atoms with E-state index in [-0.39, 0.29) is 11.3 Å². The summed E-state index contributed by atoms with van der Waals surface area (Å²) in [5.41, 5.74) is 1.58. The zero-order valence-electron chi connectivity index (χ0n) is 14.3. The summed E-state index contributed by atoms with van der Waals surface area (Å²) < 4.78 is 5.23. The average Bonchev–Trinajstić information content (AvgIpc) is 3.13. The second-order valence-electron chi connectivity index (χ2n) is 6.91. The number of piperidine rings is 1. The number of carbonyl (C=O) groups is 1. The van der Waals surface area contributed by atoms with Crippen molar-refractivity contribution in [2.24, 2.45) is 0 Å². The molecule has 1 amide bonds. The number of carbonyl (C=O) groups excluding carboxylic acids is 1. The van der Waals surface area contributed by atoms with Crippen LogP contribution < -0.4 is 5.32 Å². The minimum Gasteiger partial charge on any atom is -0.467 e. The molecule has 24 heavy (non-hydrogen) atoms. The third-order valence-corrected chi connectivity index (χ3v) is 4.94. The van der Waals surface area contributed by atoms with Gasteiger partial charge in [-0.3, -0.25) is 4.79 Å². The van der Waals surface area contributed by atoms with Gasteiger partial charge in [-0.05, 0) is 37.1 Å². The fourth-order valence-corrected chi connectivity index (χ4v) is 3.56. The standard InChI is InChI=1S/C20H26N2O2/c1-20(17-7-3-2-4-8-17)11-6-12-22(16-20)13-10-19(23)21-15-18-9-5-14-24-18/h2-5,7-9,14H,6,10-13,15-16H2,1H3,(H,21,23)/t20-/m1/s1. The number of nitrogens with one attached hydrogen (secondary N) is 1. The lowest BCUT2D eigenvalue weighted by Crippen LogP contribution is -2.45. The maximum absolute atomic E-state index is 12.0. The Balaban J connectivity index is 1.48. The van der Waals surface area contributed by atoms with Crippen molar-refractivity contribution in [3.63, 3.8) is 0 Å². The molecule has 1 saturated heterocycles. The molecule has 2 heterocycles. The van der Waals surface area contributed by atoms with Gasteiger partial charge in [0, 0.05) is 24.9 Å². The number of hydrogen-bond acceptors (Lipinski definition) is 3. The Morgan fingerprint density at radius 2 is 2.08 bits per heavy atom. The van der Waals surface area contributed by atoms with Crippen molar-refractivity contribution in [2.75, 3.05) is 19.6 Å². The van der Waals surface area contributed by atoms with Gasteiger partial charge in [-0.15, -0.1) is 0 Å². The van der Waals surface area contributed by atoms with Crippen LogP contribution in [-0.2, 0) is 16.8 Å². The van der Waals surface area contributed by atoms with Gasteiger partial charge in [0.25, 0.3) is 0 Å². The second-order valence-corrected chi connectivity index (χ2v) is 6.91. The SMILES string of the molecule is C[C@@]1(c2ccccc2)CCCN(CCC(=O)NCc2ccco2)C1. The molecule has 0 bridgehead atoms. The molecule has 2 aromatic rings. The van der Waals surface area contributed by atoms with E-state index in [1.54, 1.807) is 6.26 Å². The highest BCUT2D eigenvalue weighted by molar-refractivity contribution is 5.75. The van der Waals surface area contributed by atoms with Gasteiger partial charge in [0.15, 0.2) is 0 Å². The van der Waals surface area contributed by atoms with Gasteiger partial charge < -0.3 is 14.6 Å². The molecule has 1 atom stereocenters. The third-order valence-electron chi connectivity index (χ3n) is 4.94. The normalized spacial score (nSPS) is 21.5. The smallest absolute Gasteiger partial charge is 0.221 e. The van der Waals surface area contributed by atoms with E-state index < -0.39 is 0 Å². The second kappa shape index (κ2) is 7.67. The van der Waals surface area contributed by atoms with Crippen LogP contribution in [0.5, 0.6) is 0 Å². The number of hydrogen-bond donors (Lipinski definition) is 1. The highest BCUT2D eigenvalue weighted by Crippen LogP contribution is 2.33. The van der Waals surface area contributed by atoms with Crippen LogP contribution in [-0.4, -0.2) is 30.4 Å². The monoisotopic (exact) mass is 326 g/mol. The Kier molecular flexibility index (Phi) is 5.36. The summed E-state index contributed by atoms with van der Waals surface area (Å²) in [7, 11) is 0. The maximum Gasteiger partial charge on any atom is 0.221 e. The van der Waals surface area contributed by atoms with Crippen molar-refractivity contribution in [2.45, 2.75) is 38.1 Å². The fourth-order valence-electron chi connectivity index (χ4n) is 3.56. The molecule has 1 aromatic carbocycles. The summed E-state index contributed by atoms with van der Waals surface area (Å²) >= 11 is 0. The Hall–Kier alpha value is -2.07. The minimum absolute atomic E-state index is 0.0818. The van der Waals surface area contributed by atoms with Gasteiger partial charge in [0.2, 0.25) is 5.91 Å². The molecule has 0 spiro atoms. The fraction of sp³-hybridized carbons (Fsp3) is 0.450. The molecular formula is C20H26N2O2. The molecule has 1 aromatic heterocycles. The number of benzene rings is 1. The Morgan fingerprint density at radius 3 is 2.83 bits per heavy atom. The predicted octanol–water partition coefficient (Wildman–Crippen LogP) is 3.34. The van der Waals surface area contributed by atoms with Crippen LogP contribution >= 0.6 is 0 Å². The molecule has 0 saturated carbocycles. The van der Waals surface area contributed by atoms with Crippen molar-refractivity contribution in [3.05, 3.63) is 60.1 Å². The zero-order valence-corrected chi connectivity index (χ0v) is 14.3. The first-order valence-electron chi connectivity index (χ1n) is 8.73. The minimum atomic E-state index is 0.0818. The van der Waals surface area contributed by atoms with E-state index in [9.17, 15) is 4.79 Å². The first-order valence-corrected chi connectivity index (χ1v) is 8.73. The van der Waals surface area contributed by atoms with Crippen LogP contribution in [0.2, 0.25) is 0 Å². The van der Waals surface area contributed by atoms with E-state index in [1.165, 1.54) is 18.4 Å². The molecular weight excluding hydrogens is 300 g/mol. The third kappa shape index (κ3) is 4.26. The van der Waals surface area contributed by atoms with E-state index >= 15 is 0 Å². The summed E-state index contributed by atoms with van der Waals surface area (Å²) in [6, 6.07) is 14.4. The van der Waals surface area contributed by atoms with E-state index in [1.807, 2.05) is 12.1 Å². The number of rotatable bonds is 6. The van der Waals surface area contributed by atoms with Crippen molar-refractivity contribution in [3.8, 4) is 0 Å². The van der Waals surface area contributed by atoms with E-state index in [0.717, 1.165) is 25.4 Å². The summed E-state index contributed by atoms with van der Waals surface area (Å²) in [5.74, 6) is 0.872. The van der Waals surface area contributed by atoms with Crippen molar-refractivity contribution in [1.82, 2.24) is 10.2 Å². The average molecular weight is 326 g/mol. The lowest BCUT2D eigenvalue weighted by molar-refractivity contribution is -0.121. The van der Waals surface area contributed by atoms with Gasteiger partial charge in [0.05, 0.1) is 12.8 Å². The van der Waals surface area contributed by atoms with Crippen LogP contribution in [0.25, 0.3) is 0 Å². The molecule has 1 N–H and O–H groups in total. The molecule has 0 aliphatic carbocycles. The molecule has 128 valence electrons. The molecule has 1 aliphatic heterocycles. The summed E-state index contributed by atoms with van der Waals surface area (Å²) in [5, 5.41) is 2.92. The van der Waals surface area contributed by atoms with Gasteiger partial charge in [-0.2, -0.15) is 0 Å². The predicted molar refractivity (Wildman–Crippen MR) is 94.6 cm³/mol. The van der Waals surface area contributed by atoms with Crippen LogP contribution in [0, 0.1) is 0 Å². The van der Waals surface area contributed by atoms with Gasteiger partial charge in [0.1, 0.15) is 5.76 Å². The first kappa shape index (κ1) is 16.8. The molecule has 1 aliphatic rings. The summed E-state index contributed by atoms with van der Waals surface area (Å²) in [6.07, 6.45) is 4.54.